The van der Waals surface area contributed by atoms with Crippen molar-refractivity contribution in [1.82, 2.24) is 4.57 Å². The van der Waals surface area contributed by atoms with Gasteiger partial charge in [-0.05, 0) is 38.7 Å². The maximum atomic E-state index is 14.6. The number of ether oxygens (including phenoxy) is 1. The van der Waals surface area contributed by atoms with Crippen molar-refractivity contribution in [2.24, 2.45) is 0 Å². The van der Waals surface area contributed by atoms with Crippen LogP contribution in [0.15, 0.2) is 18.2 Å². The fourth-order valence-corrected chi connectivity index (χ4v) is 4.00. The molecule has 2 aromatic rings. The van der Waals surface area contributed by atoms with E-state index in [0.29, 0.717) is 23.3 Å². The minimum atomic E-state index is -0.647. The fourth-order valence-electron chi connectivity index (χ4n) is 3.00. The first-order valence-corrected chi connectivity index (χ1v) is 11.0. The summed E-state index contributed by atoms with van der Waals surface area (Å²) in [5, 5.41) is 21.2. The monoisotopic (exact) mass is 397 g/mol. The summed E-state index contributed by atoms with van der Waals surface area (Å²) in [6.45, 7) is 6.18. The molecule has 2 unspecified atom stereocenters. The van der Waals surface area contributed by atoms with Gasteiger partial charge < -0.3 is 14.9 Å². The van der Waals surface area contributed by atoms with Gasteiger partial charge in [0.05, 0.1) is 10.7 Å². The van der Waals surface area contributed by atoms with Crippen LogP contribution in [0, 0.1) is 5.82 Å². The summed E-state index contributed by atoms with van der Waals surface area (Å²) in [6, 6.07) is 2.58. The van der Waals surface area contributed by atoms with Crippen LogP contribution in [0.5, 0.6) is 17.5 Å². The van der Waals surface area contributed by atoms with Crippen molar-refractivity contribution < 1.29 is 19.3 Å². The Morgan fingerprint density at radius 3 is 2.73 bits per heavy atom. The van der Waals surface area contributed by atoms with Crippen LogP contribution >= 0.6 is 19.5 Å². The van der Waals surface area contributed by atoms with E-state index >= 15 is 0 Å². The van der Waals surface area contributed by atoms with E-state index in [0.717, 1.165) is 23.2 Å². The number of benzene rings is 1. The van der Waals surface area contributed by atoms with Crippen LogP contribution in [0.4, 0.5) is 4.39 Å². The van der Waals surface area contributed by atoms with E-state index in [1.807, 2.05) is 13.0 Å². The predicted molar refractivity (Wildman–Crippen MR) is 105 cm³/mol. The van der Waals surface area contributed by atoms with Crippen molar-refractivity contribution in [3.05, 3.63) is 40.2 Å². The Morgan fingerprint density at radius 1 is 1.35 bits per heavy atom. The highest BCUT2D eigenvalue weighted by molar-refractivity contribution is 7.57. The normalized spacial score (nSPS) is 15.6. The molecule has 26 heavy (non-hydrogen) atoms. The van der Waals surface area contributed by atoms with Crippen molar-refractivity contribution in [3.8, 4) is 23.2 Å². The highest BCUT2D eigenvalue weighted by Crippen LogP contribution is 2.44. The average Bonchev–Trinajstić information content (AvgIpc) is 2.88. The smallest absolute Gasteiger partial charge is 0.206 e. The summed E-state index contributed by atoms with van der Waals surface area (Å²) in [4.78, 5) is 0. The number of hydrogen-bond donors (Lipinski definition) is 2. The van der Waals surface area contributed by atoms with Crippen molar-refractivity contribution >= 4 is 25.6 Å². The van der Waals surface area contributed by atoms with Crippen LogP contribution in [-0.4, -0.2) is 33.5 Å². The van der Waals surface area contributed by atoms with Crippen LogP contribution in [0.2, 0.25) is 5.02 Å². The second-order valence-electron chi connectivity index (χ2n) is 6.34. The van der Waals surface area contributed by atoms with Crippen LogP contribution in [-0.2, 0) is 6.42 Å². The zero-order valence-electron chi connectivity index (χ0n) is 15.0. The summed E-state index contributed by atoms with van der Waals surface area (Å²) in [5.41, 5.74) is 1.13. The van der Waals surface area contributed by atoms with Gasteiger partial charge >= 0.3 is 0 Å². The van der Waals surface area contributed by atoms with E-state index in [1.54, 1.807) is 6.08 Å². The van der Waals surface area contributed by atoms with Gasteiger partial charge in [0.2, 0.25) is 11.8 Å². The molecule has 0 aliphatic heterocycles. The SMILES string of the molecule is CCP(C)C(C)Oc1cc(-n2c(O)c3c(c2O)CCC=C3)c(F)cc1Cl. The van der Waals surface area contributed by atoms with Gasteiger partial charge in [-0.15, -0.1) is 0 Å². The minimum Gasteiger partial charge on any atom is -0.494 e. The molecule has 0 radical (unpaired) electrons. The molecule has 1 aliphatic rings. The van der Waals surface area contributed by atoms with E-state index in [2.05, 4.69) is 13.6 Å². The Labute approximate surface area is 158 Å². The third kappa shape index (κ3) is 3.30. The molecule has 0 spiro atoms. The Balaban J connectivity index is 2.08. The largest absolute Gasteiger partial charge is 0.494 e. The Kier molecular flexibility index (Phi) is 5.50. The van der Waals surface area contributed by atoms with E-state index in [1.165, 1.54) is 6.07 Å². The average molecular weight is 398 g/mol. The summed E-state index contributed by atoms with van der Waals surface area (Å²) in [5.74, 6) is -0.715. The lowest BCUT2D eigenvalue weighted by Gasteiger charge is -2.22. The minimum absolute atomic E-state index is 0.00586. The molecule has 3 rings (SSSR count). The van der Waals surface area contributed by atoms with Crippen molar-refractivity contribution in [3.63, 3.8) is 0 Å². The van der Waals surface area contributed by atoms with Gasteiger partial charge in [-0.2, -0.15) is 0 Å². The van der Waals surface area contributed by atoms with Crippen LogP contribution in [0.1, 0.15) is 31.4 Å². The molecule has 1 heterocycles. The van der Waals surface area contributed by atoms with Gasteiger partial charge in [-0.3, -0.25) is 0 Å². The first-order valence-electron chi connectivity index (χ1n) is 8.53. The Morgan fingerprint density at radius 2 is 2.08 bits per heavy atom. The number of aromatic hydroxyl groups is 2. The maximum Gasteiger partial charge on any atom is 0.206 e. The lowest BCUT2D eigenvalue weighted by atomic mass is 10.0. The first-order chi connectivity index (χ1) is 12.3. The highest BCUT2D eigenvalue weighted by Gasteiger charge is 2.26. The van der Waals surface area contributed by atoms with Crippen LogP contribution in [0.25, 0.3) is 11.8 Å². The van der Waals surface area contributed by atoms with Gasteiger partial charge in [-0.25, -0.2) is 8.96 Å². The van der Waals surface area contributed by atoms with Gasteiger partial charge in [-0.1, -0.05) is 38.6 Å². The highest BCUT2D eigenvalue weighted by atomic mass is 35.5. The summed E-state index contributed by atoms with van der Waals surface area (Å²) in [7, 11) is -0.347. The second-order valence-corrected chi connectivity index (χ2v) is 9.62. The molecule has 0 saturated carbocycles. The quantitative estimate of drug-likeness (QED) is 0.655. The number of rotatable bonds is 5. The van der Waals surface area contributed by atoms with Crippen molar-refractivity contribution in [2.75, 3.05) is 12.8 Å². The van der Waals surface area contributed by atoms with Crippen LogP contribution in [0.3, 0.4) is 0 Å². The number of hydrogen-bond acceptors (Lipinski definition) is 3. The molecule has 0 saturated heterocycles. The number of halogens is 2. The number of fused-ring (bicyclic) bond motifs is 1. The van der Waals surface area contributed by atoms with E-state index in [9.17, 15) is 14.6 Å². The Hall–Kier alpha value is -1.71. The molecule has 2 atom stereocenters. The zero-order chi connectivity index (χ0) is 19.0. The van der Waals surface area contributed by atoms with Gasteiger partial charge in [0.1, 0.15) is 17.4 Å². The van der Waals surface area contributed by atoms with Crippen molar-refractivity contribution in [2.45, 2.75) is 32.5 Å². The molecule has 0 fully saturated rings. The summed E-state index contributed by atoms with van der Waals surface area (Å²) in [6.07, 6.45) is 6.00. The van der Waals surface area contributed by atoms with E-state index < -0.39 is 5.82 Å². The molecule has 0 amide bonds. The van der Waals surface area contributed by atoms with E-state index in [-0.39, 0.29) is 36.2 Å². The number of aromatic nitrogens is 1. The lowest BCUT2D eigenvalue weighted by Crippen LogP contribution is -2.11. The molecule has 4 nitrogen and oxygen atoms in total. The lowest BCUT2D eigenvalue weighted by molar-refractivity contribution is 0.301. The third-order valence-corrected chi connectivity index (χ3v) is 7.40. The van der Waals surface area contributed by atoms with Crippen LogP contribution < -0.4 is 4.74 Å². The van der Waals surface area contributed by atoms with Gasteiger partial charge in [0, 0.05) is 17.2 Å². The fraction of sp³-hybridized carbons (Fsp3) is 0.368. The molecule has 7 heteroatoms. The predicted octanol–water partition coefficient (Wildman–Crippen LogP) is 5.50. The number of allylic oxidation sites excluding steroid dienone is 1. The molecule has 140 valence electrons. The second kappa shape index (κ2) is 7.50. The van der Waals surface area contributed by atoms with Gasteiger partial charge in [0.15, 0.2) is 0 Å². The molecule has 1 aromatic carbocycles. The molecular formula is C19H22ClFNO3P. The molecule has 0 bridgehead atoms. The zero-order valence-corrected chi connectivity index (χ0v) is 16.6. The van der Waals surface area contributed by atoms with Gasteiger partial charge in [0.25, 0.3) is 0 Å². The van der Waals surface area contributed by atoms with E-state index in [4.69, 9.17) is 16.3 Å². The standard InChI is InChI=1S/C19H22ClFNO3P/c1-4-26(3)11(2)25-17-10-16(15(21)9-14(17)20)22-18(23)12-7-5-6-8-13(12)19(22)24/h5,7,9-11,23-24H,4,6,8H2,1-3H3. The Bertz CT molecular complexity index is 865. The molecule has 1 aliphatic carbocycles. The first kappa shape index (κ1) is 19.1. The summed E-state index contributed by atoms with van der Waals surface area (Å²) >= 11 is 6.16. The molecule has 2 N–H and O–H groups in total. The topological polar surface area (TPSA) is 54.6 Å². The number of nitrogens with zero attached hydrogens (tertiary/aromatic N) is 1. The molecular weight excluding hydrogens is 376 g/mol. The molecule has 1 aromatic heterocycles. The third-order valence-electron chi connectivity index (χ3n) is 4.76. The van der Waals surface area contributed by atoms with Crippen molar-refractivity contribution in [1.29, 1.82) is 0 Å². The maximum absolute atomic E-state index is 14.6. The summed E-state index contributed by atoms with van der Waals surface area (Å²) < 4.78 is 21.7.